The van der Waals surface area contributed by atoms with E-state index in [1.807, 2.05) is 6.26 Å². The Balaban J connectivity index is 1.68. The van der Waals surface area contributed by atoms with Crippen LogP contribution >= 0.6 is 35.0 Å². The lowest BCUT2D eigenvalue weighted by Crippen LogP contribution is -2.54. The molecule has 0 bridgehead atoms. The van der Waals surface area contributed by atoms with Gasteiger partial charge in [-0.25, -0.2) is 4.79 Å². The second-order valence-electron chi connectivity index (χ2n) is 6.90. The van der Waals surface area contributed by atoms with Crippen molar-refractivity contribution >= 4 is 64.2 Å². The van der Waals surface area contributed by atoms with Crippen LogP contribution in [0.25, 0.3) is 0 Å². The molecule has 0 fully saturated rings. The number of halogens is 2. The van der Waals surface area contributed by atoms with E-state index in [9.17, 15) is 14.4 Å². The molecular weight excluding hydrogens is 459 g/mol. The van der Waals surface area contributed by atoms with Gasteiger partial charge in [0.1, 0.15) is 12.6 Å². The summed E-state index contributed by atoms with van der Waals surface area (Å²) >= 11 is 13.5. The van der Waals surface area contributed by atoms with Gasteiger partial charge in [0, 0.05) is 6.54 Å². The number of fused-ring (bicyclic) bond motifs is 1. The van der Waals surface area contributed by atoms with Gasteiger partial charge < -0.3 is 16.0 Å². The highest BCUT2D eigenvalue weighted by Crippen LogP contribution is 2.29. The maximum absolute atomic E-state index is 13.0. The third-order valence-electron chi connectivity index (χ3n) is 4.69. The molecule has 1 heterocycles. The zero-order chi connectivity index (χ0) is 22.4. The molecule has 10 heteroatoms. The Bertz CT molecular complexity index is 989. The average molecular weight is 481 g/mol. The lowest BCUT2D eigenvalue weighted by atomic mass is 10.1. The summed E-state index contributed by atoms with van der Waals surface area (Å²) in [6, 6.07) is 10.9. The van der Waals surface area contributed by atoms with Gasteiger partial charge in [-0.15, -0.1) is 0 Å². The Labute approximate surface area is 194 Å². The number of hydrogen-bond acceptors (Lipinski definition) is 4. The van der Waals surface area contributed by atoms with Crippen LogP contribution in [-0.4, -0.2) is 42.4 Å². The van der Waals surface area contributed by atoms with Gasteiger partial charge in [-0.2, -0.15) is 11.8 Å². The molecule has 0 saturated carbocycles. The highest BCUT2D eigenvalue weighted by molar-refractivity contribution is 7.98. The van der Waals surface area contributed by atoms with Crippen molar-refractivity contribution in [3.05, 3.63) is 58.1 Å². The Morgan fingerprint density at radius 1 is 1.19 bits per heavy atom. The standard InChI is InChI=1S/C21H22Cl2N4O3S/c1-31-9-8-17(20(29)24-11-13-6-7-14(22)15(23)10-13)26-21(30)27-12-19(28)25-16-4-2-3-5-18(16)27/h2-7,10,17H,8-9,11-12H2,1H3,(H,24,29)(H,25,28)(H,26,30)/t17-/m0/s1. The average Bonchev–Trinajstić information content (AvgIpc) is 2.76. The smallest absolute Gasteiger partial charge is 0.323 e. The molecule has 0 aliphatic carbocycles. The third-order valence-corrected chi connectivity index (χ3v) is 6.07. The second kappa shape index (κ2) is 10.7. The summed E-state index contributed by atoms with van der Waals surface area (Å²) in [6.45, 7) is 0.124. The number of para-hydroxylation sites is 2. The van der Waals surface area contributed by atoms with Crippen LogP contribution < -0.4 is 20.9 Å². The summed E-state index contributed by atoms with van der Waals surface area (Å²) in [5.74, 6) is 0.0733. The van der Waals surface area contributed by atoms with Crippen molar-refractivity contribution in [2.45, 2.75) is 19.0 Å². The zero-order valence-corrected chi connectivity index (χ0v) is 19.1. The Hall–Kier alpha value is -2.42. The first-order valence-corrected chi connectivity index (χ1v) is 11.7. The lowest BCUT2D eigenvalue weighted by molar-refractivity contribution is -0.123. The van der Waals surface area contributed by atoms with Crippen molar-refractivity contribution in [3.8, 4) is 0 Å². The fourth-order valence-corrected chi connectivity index (χ4v) is 3.90. The molecule has 7 nitrogen and oxygen atoms in total. The second-order valence-corrected chi connectivity index (χ2v) is 8.70. The van der Waals surface area contributed by atoms with Gasteiger partial charge >= 0.3 is 6.03 Å². The highest BCUT2D eigenvalue weighted by atomic mass is 35.5. The first-order valence-electron chi connectivity index (χ1n) is 9.56. The number of thioether (sulfide) groups is 1. The number of carbonyl (C=O) groups is 3. The molecule has 0 aromatic heterocycles. The number of nitrogens with one attached hydrogen (secondary N) is 3. The zero-order valence-electron chi connectivity index (χ0n) is 16.8. The molecule has 1 aliphatic rings. The number of benzene rings is 2. The molecule has 4 amide bonds. The molecule has 2 aromatic carbocycles. The number of amides is 4. The van der Waals surface area contributed by atoms with Crippen molar-refractivity contribution < 1.29 is 14.4 Å². The van der Waals surface area contributed by atoms with Crippen molar-refractivity contribution in [2.24, 2.45) is 0 Å². The summed E-state index contributed by atoms with van der Waals surface area (Å²) in [5.41, 5.74) is 1.93. The molecule has 31 heavy (non-hydrogen) atoms. The summed E-state index contributed by atoms with van der Waals surface area (Å²) < 4.78 is 0. The lowest BCUT2D eigenvalue weighted by Gasteiger charge is -2.30. The summed E-state index contributed by atoms with van der Waals surface area (Å²) in [7, 11) is 0. The predicted molar refractivity (Wildman–Crippen MR) is 126 cm³/mol. The maximum atomic E-state index is 13.0. The molecular formula is C21H22Cl2N4O3S. The fraction of sp³-hybridized carbons (Fsp3) is 0.286. The quantitative estimate of drug-likeness (QED) is 0.560. The molecule has 1 aliphatic heterocycles. The maximum Gasteiger partial charge on any atom is 0.323 e. The number of nitrogens with zero attached hydrogens (tertiary/aromatic N) is 1. The van der Waals surface area contributed by atoms with Crippen molar-refractivity contribution in [1.29, 1.82) is 0 Å². The van der Waals surface area contributed by atoms with E-state index in [-0.39, 0.29) is 24.9 Å². The fourth-order valence-electron chi connectivity index (χ4n) is 3.11. The van der Waals surface area contributed by atoms with Crippen molar-refractivity contribution in [3.63, 3.8) is 0 Å². The van der Waals surface area contributed by atoms with Crippen LogP contribution in [0.1, 0.15) is 12.0 Å². The Morgan fingerprint density at radius 2 is 1.97 bits per heavy atom. The minimum Gasteiger partial charge on any atom is -0.350 e. The Kier molecular flexibility index (Phi) is 8.06. The minimum absolute atomic E-state index is 0.122. The first kappa shape index (κ1) is 23.2. The largest absolute Gasteiger partial charge is 0.350 e. The monoisotopic (exact) mass is 480 g/mol. The number of hydrogen-bond donors (Lipinski definition) is 3. The minimum atomic E-state index is -0.750. The summed E-state index contributed by atoms with van der Waals surface area (Å²) in [6.07, 6.45) is 2.37. The van der Waals surface area contributed by atoms with E-state index in [4.69, 9.17) is 23.2 Å². The Morgan fingerprint density at radius 3 is 2.71 bits per heavy atom. The van der Waals surface area contributed by atoms with Crippen LogP contribution in [-0.2, 0) is 16.1 Å². The highest BCUT2D eigenvalue weighted by Gasteiger charge is 2.29. The summed E-state index contributed by atoms with van der Waals surface area (Å²) in [5, 5.41) is 9.18. The molecule has 3 rings (SSSR count). The molecule has 1 atom stereocenters. The van der Waals surface area contributed by atoms with Crippen LogP contribution in [0.2, 0.25) is 10.0 Å². The molecule has 0 radical (unpaired) electrons. The van der Waals surface area contributed by atoms with Gasteiger partial charge in [-0.05, 0) is 48.3 Å². The number of anilines is 2. The molecule has 0 spiro atoms. The SMILES string of the molecule is CSCC[C@H](NC(=O)N1CC(=O)Nc2ccccc21)C(=O)NCc1ccc(Cl)c(Cl)c1. The number of urea groups is 1. The number of carbonyl (C=O) groups excluding carboxylic acids is 3. The molecule has 2 aromatic rings. The van der Waals surface area contributed by atoms with Crippen LogP contribution in [0, 0.1) is 0 Å². The van der Waals surface area contributed by atoms with E-state index in [1.165, 1.54) is 4.90 Å². The van der Waals surface area contributed by atoms with E-state index in [0.717, 1.165) is 5.56 Å². The molecule has 164 valence electrons. The first-order chi connectivity index (χ1) is 14.9. The van der Waals surface area contributed by atoms with Crippen LogP contribution in [0.15, 0.2) is 42.5 Å². The molecule has 0 saturated heterocycles. The number of rotatable bonds is 7. The summed E-state index contributed by atoms with van der Waals surface area (Å²) in [4.78, 5) is 39.1. The van der Waals surface area contributed by atoms with E-state index in [2.05, 4.69) is 16.0 Å². The van der Waals surface area contributed by atoms with Gasteiger partial charge in [0.15, 0.2) is 0 Å². The topological polar surface area (TPSA) is 90.5 Å². The van der Waals surface area contributed by atoms with E-state index < -0.39 is 12.1 Å². The molecule has 3 N–H and O–H groups in total. The van der Waals surface area contributed by atoms with Crippen LogP contribution in [0.4, 0.5) is 16.2 Å². The van der Waals surface area contributed by atoms with Crippen molar-refractivity contribution in [1.82, 2.24) is 10.6 Å². The van der Waals surface area contributed by atoms with Gasteiger partial charge in [0.25, 0.3) is 0 Å². The third kappa shape index (κ3) is 6.06. The van der Waals surface area contributed by atoms with Crippen molar-refractivity contribution in [2.75, 3.05) is 28.8 Å². The normalized spacial score (nSPS) is 13.8. The van der Waals surface area contributed by atoms with Crippen LogP contribution in [0.5, 0.6) is 0 Å². The van der Waals surface area contributed by atoms with E-state index >= 15 is 0 Å². The predicted octanol–water partition coefficient (Wildman–Crippen LogP) is 3.90. The van der Waals surface area contributed by atoms with Gasteiger partial charge in [-0.1, -0.05) is 41.4 Å². The molecule has 0 unspecified atom stereocenters. The van der Waals surface area contributed by atoms with E-state index in [0.29, 0.717) is 33.6 Å². The van der Waals surface area contributed by atoms with Gasteiger partial charge in [0.2, 0.25) is 11.8 Å². The van der Waals surface area contributed by atoms with Gasteiger partial charge in [-0.3, -0.25) is 14.5 Å². The van der Waals surface area contributed by atoms with Crippen LogP contribution in [0.3, 0.4) is 0 Å². The van der Waals surface area contributed by atoms with Gasteiger partial charge in [0.05, 0.1) is 21.4 Å². The van der Waals surface area contributed by atoms with E-state index in [1.54, 1.807) is 54.2 Å².